The Balaban J connectivity index is 1.56. The van der Waals surface area contributed by atoms with E-state index in [1.807, 2.05) is 55.5 Å². The quantitative estimate of drug-likeness (QED) is 0.406. The van der Waals surface area contributed by atoms with E-state index in [0.29, 0.717) is 5.56 Å². The number of carbonyl (C=O) groups is 1. The number of benzene rings is 3. The van der Waals surface area contributed by atoms with Crippen LogP contribution in [0.25, 0.3) is 0 Å². The van der Waals surface area contributed by atoms with Gasteiger partial charge in [-0.25, -0.2) is 0 Å². The predicted octanol–water partition coefficient (Wildman–Crippen LogP) is 7.42. The minimum absolute atomic E-state index is 0.0494. The zero-order valence-corrected chi connectivity index (χ0v) is 19.5. The maximum atomic E-state index is 12.6. The predicted molar refractivity (Wildman–Crippen MR) is 128 cm³/mol. The second-order valence-corrected chi connectivity index (χ2v) is 9.99. The molecular weight excluding hydrogens is 410 g/mol. The van der Waals surface area contributed by atoms with E-state index in [1.54, 1.807) is 11.8 Å². The number of hydrogen-bond acceptors (Lipinski definition) is 2. The van der Waals surface area contributed by atoms with Gasteiger partial charge in [-0.1, -0.05) is 68.8 Å². The molecule has 0 saturated carbocycles. The van der Waals surface area contributed by atoms with Crippen molar-refractivity contribution in [3.63, 3.8) is 0 Å². The fraction of sp³-hybridized carbons (Fsp3) is 0.269. The first kappa shape index (κ1) is 22.5. The van der Waals surface area contributed by atoms with E-state index < -0.39 is 0 Å². The normalized spacial score (nSPS) is 12.4. The molecule has 0 radical (unpaired) electrons. The van der Waals surface area contributed by atoms with E-state index >= 15 is 0 Å². The zero-order chi connectivity index (χ0) is 21.7. The van der Waals surface area contributed by atoms with Crippen molar-refractivity contribution < 1.29 is 4.79 Å². The Hall–Kier alpha value is -2.23. The monoisotopic (exact) mass is 437 g/mol. The average molecular weight is 438 g/mol. The second kappa shape index (κ2) is 9.72. The van der Waals surface area contributed by atoms with Gasteiger partial charge in [0.1, 0.15) is 0 Å². The summed E-state index contributed by atoms with van der Waals surface area (Å²) in [4.78, 5) is 13.8. The summed E-state index contributed by atoms with van der Waals surface area (Å²) in [6, 6.07) is 24.1. The molecule has 1 N–H and O–H groups in total. The van der Waals surface area contributed by atoms with Gasteiger partial charge in [-0.3, -0.25) is 4.79 Å². The third kappa shape index (κ3) is 6.13. The van der Waals surface area contributed by atoms with Crippen LogP contribution in [0, 0.1) is 0 Å². The van der Waals surface area contributed by atoms with Gasteiger partial charge < -0.3 is 5.32 Å². The first-order valence-electron chi connectivity index (χ1n) is 10.1. The SMILES string of the molecule is CC(NC(=O)c1ccc(CSc2ccc(Cl)cc2)cc1)c1ccc(C(C)(C)C)cc1. The molecule has 1 amide bonds. The Kier molecular flexibility index (Phi) is 7.27. The molecular formula is C26H28ClNOS. The number of rotatable bonds is 6. The molecule has 30 heavy (non-hydrogen) atoms. The zero-order valence-electron chi connectivity index (χ0n) is 17.9. The maximum Gasteiger partial charge on any atom is 0.251 e. The van der Waals surface area contributed by atoms with Crippen molar-refractivity contribution >= 4 is 29.3 Å². The number of hydrogen-bond donors (Lipinski definition) is 1. The Bertz CT molecular complexity index is 974. The van der Waals surface area contributed by atoms with Crippen LogP contribution in [0.1, 0.15) is 60.8 Å². The fourth-order valence-electron chi connectivity index (χ4n) is 3.08. The second-order valence-electron chi connectivity index (χ2n) is 8.51. The number of thioether (sulfide) groups is 1. The molecule has 0 aliphatic carbocycles. The van der Waals surface area contributed by atoms with E-state index in [2.05, 4.69) is 50.4 Å². The molecule has 3 aromatic rings. The fourth-order valence-corrected chi connectivity index (χ4v) is 4.07. The molecule has 0 aliphatic rings. The highest BCUT2D eigenvalue weighted by Crippen LogP contribution is 2.25. The van der Waals surface area contributed by atoms with Gasteiger partial charge in [0.05, 0.1) is 6.04 Å². The first-order valence-corrected chi connectivity index (χ1v) is 11.5. The van der Waals surface area contributed by atoms with Gasteiger partial charge >= 0.3 is 0 Å². The van der Waals surface area contributed by atoms with Crippen LogP contribution in [-0.4, -0.2) is 5.91 Å². The van der Waals surface area contributed by atoms with Crippen molar-refractivity contribution in [2.24, 2.45) is 0 Å². The number of amides is 1. The molecule has 3 aromatic carbocycles. The lowest BCUT2D eigenvalue weighted by Crippen LogP contribution is -2.26. The summed E-state index contributed by atoms with van der Waals surface area (Å²) in [5, 5.41) is 3.84. The molecule has 0 aliphatic heterocycles. The molecule has 1 unspecified atom stereocenters. The highest BCUT2D eigenvalue weighted by Gasteiger charge is 2.15. The summed E-state index contributed by atoms with van der Waals surface area (Å²) in [6.07, 6.45) is 0. The lowest BCUT2D eigenvalue weighted by molar-refractivity contribution is 0.0940. The molecule has 4 heteroatoms. The average Bonchev–Trinajstić information content (AvgIpc) is 2.73. The van der Waals surface area contributed by atoms with Gasteiger partial charge in [-0.15, -0.1) is 11.8 Å². The molecule has 0 heterocycles. The van der Waals surface area contributed by atoms with E-state index in [0.717, 1.165) is 16.3 Å². The van der Waals surface area contributed by atoms with E-state index in [9.17, 15) is 4.79 Å². The molecule has 0 fully saturated rings. The topological polar surface area (TPSA) is 29.1 Å². The molecule has 3 rings (SSSR count). The maximum absolute atomic E-state index is 12.6. The standard InChI is InChI=1S/C26H28ClNOS/c1-18(20-9-11-22(12-10-20)26(2,3)4)28-25(29)21-7-5-19(6-8-21)17-30-24-15-13-23(27)14-16-24/h5-16,18H,17H2,1-4H3,(H,28,29). The van der Waals surface area contributed by atoms with Gasteiger partial charge in [0.15, 0.2) is 0 Å². The van der Waals surface area contributed by atoms with Gasteiger partial charge in [-0.2, -0.15) is 0 Å². The van der Waals surface area contributed by atoms with Gasteiger partial charge in [0.2, 0.25) is 0 Å². The van der Waals surface area contributed by atoms with Gasteiger partial charge in [0.25, 0.3) is 5.91 Å². The Morgan fingerprint density at radius 3 is 2.10 bits per heavy atom. The van der Waals surface area contributed by atoms with Crippen LogP contribution in [0.4, 0.5) is 0 Å². The third-order valence-electron chi connectivity index (χ3n) is 5.06. The summed E-state index contributed by atoms with van der Waals surface area (Å²) in [6.45, 7) is 8.61. The van der Waals surface area contributed by atoms with Crippen molar-refractivity contribution in [3.8, 4) is 0 Å². The molecule has 0 saturated heterocycles. The van der Waals surface area contributed by atoms with Crippen LogP contribution < -0.4 is 5.32 Å². The van der Waals surface area contributed by atoms with Crippen LogP contribution in [0.2, 0.25) is 5.02 Å². The van der Waals surface area contributed by atoms with Crippen molar-refractivity contribution in [2.75, 3.05) is 0 Å². The van der Waals surface area contributed by atoms with E-state index in [4.69, 9.17) is 11.6 Å². The first-order chi connectivity index (χ1) is 14.2. The third-order valence-corrected chi connectivity index (χ3v) is 6.39. The number of nitrogens with one attached hydrogen (secondary N) is 1. The molecule has 0 aromatic heterocycles. The number of carbonyl (C=O) groups excluding carboxylic acids is 1. The van der Waals surface area contributed by atoms with E-state index in [-0.39, 0.29) is 17.4 Å². The Morgan fingerprint density at radius 2 is 1.53 bits per heavy atom. The highest BCUT2D eigenvalue weighted by molar-refractivity contribution is 7.98. The summed E-state index contributed by atoms with van der Waals surface area (Å²) in [7, 11) is 0. The van der Waals surface area contributed by atoms with Gasteiger partial charge in [-0.05, 0) is 65.4 Å². The Morgan fingerprint density at radius 1 is 0.933 bits per heavy atom. The molecule has 2 nitrogen and oxygen atoms in total. The van der Waals surface area contributed by atoms with Crippen molar-refractivity contribution in [1.82, 2.24) is 5.32 Å². The van der Waals surface area contributed by atoms with Crippen LogP contribution >= 0.6 is 23.4 Å². The smallest absolute Gasteiger partial charge is 0.251 e. The summed E-state index contributed by atoms with van der Waals surface area (Å²) in [5.41, 5.74) is 4.37. The lowest BCUT2D eigenvalue weighted by Gasteiger charge is -2.20. The molecule has 156 valence electrons. The van der Waals surface area contributed by atoms with Crippen molar-refractivity contribution in [1.29, 1.82) is 0 Å². The van der Waals surface area contributed by atoms with Crippen LogP contribution in [0.3, 0.4) is 0 Å². The van der Waals surface area contributed by atoms with Gasteiger partial charge in [0, 0.05) is 21.2 Å². The molecule has 1 atom stereocenters. The van der Waals surface area contributed by atoms with Crippen LogP contribution in [0.5, 0.6) is 0 Å². The minimum atomic E-state index is -0.0562. The van der Waals surface area contributed by atoms with Crippen LogP contribution in [0.15, 0.2) is 77.7 Å². The lowest BCUT2D eigenvalue weighted by atomic mass is 9.86. The van der Waals surface area contributed by atoms with Crippen molar-refractivity contribution in [3.05, 3.63) is 100 Å². The molecule has 0 spiro atoms. The Labute approximate surface area is 189 Å². The molecule has 0 bridgehead atoms. The number of halogens is 1. The van der Waals surface area contributed by atoms with Crippen molar-refractivity contribution in [2.45, 2.75) is 49.8 Å². The summed E-state index contributed by atoms with van der Waals surface area (Å²) >= 11 is 7.68. The summed E-state index contributed by atoms with van der Waals surface area (Å²) < 4.78 is 0. The van der Waals surface area contributed by atoms with E-state index in [1.165, 1.54) is 16.0 Å². The van der Waals surface area contributed by atoms with Crippen LogP contribution in [-0.2, 0) is 11.2 Å². The minimum Gasteiger partial charge on any atom is -0.346 e. The largest absolute Gasteiger partial charge is 0.346 e. The highest BCUT2D eigenvalue weighted by atomic mass is 35.5. The summed E-state index contributed by atoms with van der Waals surface area (Å²) in [5.74, 6) is 0.791.